The Morgan fingerprint density at radius 3 is 2.60 bits per heavy atom. The first kappa shape index (κ1) is 20.5. The van der Waals surface area contributed by atoms with Crippen molar-refractivity contribution in [3.05, 3.63) is 41.6 Å². The van der Waals surface area contributed by atoms with E-state index in [1.165, 1.54) is 6.20 Å². The van der Waals surface area contributed by atoms with Crippen molar-refractivity contribution in [2.75, 3.05) is 26.9 Å². The van der Waals surface area contributed by atoms with Gasteiger partial charge in [-0.3, -0.25) is 4.79 Å². The molecule has 0 saturated carbocycles. The normalized spacial score (nSPS) is 10.8. The molecule has 6 heteroatoms. The van der Waals surface area contributed by atoms with Gasteiger partial charge in [0.2, 0.25) is 0 Å². The second-order valence-corrected chi connectivity index (χ2v) is 5.47. The van der Waals surface area contributed by atoms with E-state index in [9.17, 15) is 4.79 Å². The van der Waals surface area contributed by atoms with E-state index in [0.29, 0.717) is 19.7 Å². The maximum atomic E-state index is 12.0. The van der Waals surface area contributed by atoms with Gasteiger partial charge < -0.3 is 20.1 Å². The molecule has 0 bridgehead atoms. The van der Waals surface area contributed by atoms with Crippen molar-refractivity contribution < 1.29 is 14.3 Å². The molecular formula is C19H27N3O3. The summed E-state index contributed by atoms with van der Waals surface area (Å²) in [6, 6.07) is 9.30. The number of nitriles is 1. The maximum Gasteiger partial charge on any atom is 0.263 e. The molecule has 6 nitrogen and oxygen atoms in total. The van der Waals surface area contributed by atoms with Crippen LogP contribution in [0.15, 0.2) is 36.0 Å². The highest BCUT2D eigenvalue weighted by Gasteiger charge is 2.08. The van der Waals surface area contributed by atoms with E-state index in [4.69, 9.17) is 14.7 Å². The van der Waals surface area contributed by atoms with Crippen LogP contribution in [-0.4, -0.2) is 32.8 Å². The largest absolute Gasteiger partial charge is 0.497 e. The van der Waals surface area contributed by atoms with Crippen molar-refractivity contribution in [3.63, 3.8) is 0 Å². The van der Waals surface area contributed by atoms with Crippen molar-refractivity contribution in [3.8, 4) is 11.8 Å². The lowest BCUT2D eigenvalue weighted by Crippen LogP contribution is -2.25. The van der Waals surface area contributed by atoms with Gasteiger partial charge in [-0.1, -0.05) is 25.5 Å². The van der Waals surface area contributed by atoms with Crippen LogP contribution >= 0.6 is 0 Å². The van der Waals surface area contributed by atoms with E-state index in [1.807, 2.05) is 30.3 Å². The molecule has 136 valence electrons. The third kappa shape index (κ3) is 8.77. The molecule has 0 heterocycles. The number of methoxy groups -OCH3 is 1. The summed E-state index contributed by atoms with van der Waals surface area (Å²) in [7, 11) is 1.60. The Bertz CT molecular complexity index is 577. The third-order valence-corrected chi connectivity index (χ3v) is 3.48. The smallest absolute Gasteiger partial charge is 0.263 e. The van der Waals surface area contributed by atoms with Crippen molar-refractivity contribution >= 4 is 5.91 Å². The van der Waals surface area contributed by atoms with Gasteiger partial charge in [-0.2, -0.15) is 5.26 Å². The SMILES string of the molecule is CCCCOCCCN/C=C(/C#N)C(=O)NCc1ccc(OC)cc1. The molecule has 0 aliphatic rings. The molecule has 0 aromatic heterocycles. The van der Waals surface area contributed by atoms with Gasteiger partial charge in [0.25, 0.3) is 5.91 Å². The first-order valence-electron chi connectivity index (χ1n) is 8.53. The number of nitrogens with one attached hydrogen (secondary N) is 2. The predicted octanol–water partition coefficient (Wildman–Crippen LogP) is 2.52. The van der Waals surface area contributed by atoms with Crippen LogP contribution < -0.4 is 15.4 Å². The fourth-order valence-corrected chi connectivity index (χ4v) is 1.97. The minimum atomic E-state index is -0.398. The molecule has 1 amide bonds. The van der Waals surface area contributed by atoms with Crippen molar-refractivity contribution in [2.24, 2.45) is 0 Å². The molecule has 0 atom stereocenters. The lowest BCUT2D eigenvalue weighted by Gasteiger charge is -2.06. The molecule has 1 aromatic rings. The molecule has 2 N–H and O–H groups in total. The molecule has 25 heavy (non-hydrogen) atoms. The van der Waals surface area contributed by atoms with Crippen LogP contribution in [0.25, 0.3) is 0 Å². The van der Waals surface area contributed by atoms with E-state index in [2.05, 4.69) is 17.6 Å². The number of amides is 1. The summed E-state index contributed by atoms with van der Waals surface area (Å²) in [6.45, 7) is 4.59. The van der Waals surface area contributed by atoms with Crippen LogP contribution in [0.2, 0.25) is 0 Å². The van der Waals surface area contributed by atoms with Crippen molar-refractivity contribution in [1.29, 1.82) is 5.26 Å². The average Bonchev–Trinajstić information content (AvgIpc) is 2.65. The van der Waals surface area contributed by atoms with Crippen molar-refractivity contribution in [2.45, 2.75) is 32.7 Å². The zero-order valence-electron chi connectivity index (χ0n) is 15.0. The van der Waals surface area contributed by atoms with Gasteiger partial charge in [-0.15, -0.1) is 0 Å². The van der Waals surface area contributed by atoms with E-state index in [1.54, 1.807) is 7.11 Å². The van der Waals surface area contributed by atoms with Crippen LogP contribution in [0.3, 0.4) is 0 Å². The maximum absolute atomic E-state index is 12.0. The Balaban J connectivity index is 2.29. The average molecular weight is 345 g/mol. The summed E-state index contributed by atoms with van der Waals surface area (Å²) in [5.74, 6) is 0.362. The topological polar surface area (TPSA) is 83.4 Å². The molecule has 0 radical (unpaired) electrons. The molecule has 0 aliphatic carbocycles. The fraction of sp³-hybridized carbons (Fsp3) is 0.474. The molecule has 1 aromatic carbocycles. The summed E-state index contributed by atoms with van der Waals surface area (Å²) < 4.78 is 10.5. The Morgan fingerprint density at radius 2 is 1.96 bits per heavy atom. The second kappa shape index (κ2) is 12.8. The number of carbonyl (C=O) groups is 1. The summed E-state index contributed by atoms with van der Waals surface area (Å²) in [5.41, 5.74) is 0.990. The highest BCUT2D eigenvalue weighted by atomic mass is 16.5. The highest BCUT2D eigenvalue weighted by Crippen LogP contribution is 2.11. The molecule has 0 fully saturated rings. The standard InChI is InChI=1S/C19H27N3O3/c1-3-4-11-25-12-5-10-21-15-17(13-20)19(23)22-14-16-6-8-18(24-2)9-7-16/h6-9,15,21H,3-5,10-12,14H2,1-2H3,(H,22,23)/b17-15-. The third-order valence-electron chi connectivity index (χ3n) is 3.48. The van der Waals surface area contributed by atoms with Gasteiger partial charge in [-0.05, 0) is 30.5 Å². The first-order chi connectivity index (χ1) is 12.2. The number of hydrogen-bond donors (Lipinski definition) is 2. The van der Waals surface area contributed by atoms with Crippen LogP contribution in [0.5, 0.6) is 5.75 Å². The predicted molar refractivity (Wildman–Crippen MR) is 96.9 cm³/mol. The molecule has 0 spiro atoms. The van der Waals surface area contributed by atoms with Gasteiger partial charge in [0.05, 0.1) is 7.11 Å². The van der Waals surface area contributed by atoms with Crippen LogP contribution in [0, 0.1) is 11.3 Å². The van der Waals surface area contributed by atoms with Gasteiger partial charge >= 0.3 is 0 Å². The lowest BCUT2D eigenvalue weighted by molar-refractivity contribution is -0.117. The molecule has 0 aliphatic heterocycles. The number of unbranched alkanes of at least 4 members (excludes halogenated alkanes) is 1. The minimum Gasteiger partial charge on any atom is -0.497 e. The summed E-state index contributed by atoms with van der Waals surface area (Å²) in [5, 5.41) is 14.8. The Labute approximate surface area is 149 Å². The molecular weight excluding hydrogens is 318 g/mol. The summed E-state index contributed by atoms with van der Waals surface area (Å²) >= 11 is 0. The molecule has 0 saturated heterocycles. The minimum absolute atomic E-state index is 0.0559. The van der Waals surface area contributed by atoms with E-state index in [0.717, 1.165) is 37.2 Å². The number of hydrogen-bond acceptors (Lipinski definition) is 5. The van der Waals surface area contributed by atoms with Gasteiger partial charge in [0, 0.05) is 32.5 Å². The monoisotopic (exact) mass is 345 g/mol. The van der Waals surface area contributed by atoms with Crippen LogP contribution in [-0.2, 0) is 16.1 Å². The van der Waals surface area contributed by atoms with Gasteiger partial charge in [-0.25, -0.2) is 0 Å². The van der Waals surface area contributed by atoms with Crippen LogP contribution in [0.1, 0.15) is 31.7 Å². The zero-order chi connectivity index (χ0) is 18.3. The zero-order valence-corrected chi connectivity index (χ0v) is 15.0. The lowest BCUT2D eigenvalue weighted by atomic mass is 10.2. The fourth-order valence-electron chi connectivity index (χ4n) is 1.97. The highest BCUT2D eigenvalue weighted by molar-refractivity contribution is 5.97. The summed E-state index contributed by atoms with van der Waals surface area (Å²) in [4.78, 5) is 12.0. The van der Waals surface area contributed by atoms with Crippen LogP contribution in [0.4, 0.5) is 0 Å². The Hall–Kier alpha value is -2.52. The van der Waals surface area contributed by atoms with E-state index < -0.39 is 5.91 Å². The van der Waals surface area contributed by atoms with Gasteiger partial charge in [0.1, 0.15) is 17.4 Å². The number of rotatable bonds is 12. The van der Waals surface area contributed by atoms with E-state index in [-0.39, 0.29) is 5.57 Å². The number of nitrogens with zero attached hydrogens (tertiary/aromatic N) is 1. The Kier molecular flexibility index (Phi) is 10.5. The molecule has 0 unspecified atom stereocenters. The second-order valence-electron chi connectivity index (χ2n) is 5.47. The molecule has 1 rings (SSSR count). The first-order valence-corrected chi connectivity index (χ1v) is 8.53. The number of ether oxygens (including phenoxy) is 2. The van der Waals surface area contributed by atoms with Crippen molar-refractivity contribution in [1.82, 2.24) is 10.6 Å². The quantitative estimate of drug-likeness (QED) is 0.345. The summed E-state index contributed by atoms with van der Waals surface area (Å²) in [6.07, 6.45) is 4.47. The van der Waals surface area contributed by atoms with Gasteiger partial charge in [0.15, 0.2) is 0 Å². The number of benzene rings is 1. The Morgan fingerprint density at radius 1 is 1.24 bits per heavy atom. The van der Waals surface area contributed by atoms with E-state index >= 15 is 0 Å². The number of carbonyl (C=O) groups excluding carboxylic acids is 1.